The Morgan fingerprint density at radius 1 is 1.41 bits per heavy atom. The molecule has 0 bridgehead atoms. The fourth-order valence-electron chi connectivity index (χ4n) is 1.72. The summed E-state index contributed by atoms with van der Waals surface area (Å²) in [5.41, 5.74) is 5.77. The van der Waals surface area contributed by atoms with Crippen LogP contribution in [0, 0.1) is 11.6 Å². The third-order valence-corrected chi connectivity index (χ3v) is 3.42. The molecule has 0 spiro atoms. The zero-order valence-electron chi connectivity index (χ0n) is 10.5. The molecule has 0 fully saturated rings. The summed E-state index contributed by atoms with van der Waals surface area (Å²) < 4.78 is 31.9. The van der Waals surface area contributed by atoms with E-state index in [0.29, 0.717) is 6.42 Å². The van der Waals surface area contributed by atoms with Crippen LogP contribution in [0.25, 0.3) is 0 Å². The van der Waals surface area contributed by atoms with Crippen LogP contribution in [-0.4, -0.2) is 18.8 Å². The molecule has 1 aromatic carbocycles. The first-order valence-electron chi connectivity index (χ1n) is 5.68. The van der Waals surface area contributed by atoms with Crippen molar-refractivity contribution >= 4 is 0 Å². The number of hydrogen-bond acceptors (Lipinski definition) is 2. The van der Waals surface area contributed by atoms with Crippen molar-refractivity contribution in [3.63, 3.8) is 0 Å². The molecule has 0 radical (unpaired) electrons. The quantitative estimate of drug-likeness (QED) is 0.862. The highest BCUT2D eigenvalue weighted by Gasteiger charge is 2.30. The van der Waals surface area contributed by atoms with E-state index in [4.69, 9.17) is 10.5 Å². The van der Waals surface area contributed by atoms with Gasteiger partial charge in [-0.05, 0) is 31.4 Å². The molecule has 2 N–H and O–H groups in total. The molecule has 2 unspecified atom stereocenters. The molecule has 2 atom stereocenters. The van der Waals surface area contributed by atoms with Gasteiger partial charge in [0, 0.05) is 13.2 Å². The predicted molar refractivity (Wildman–Crippen MR) is 63.7 cm³/mol. The van der Waals surface area contributed by atoms with Crippen molar-refractivity contribution in [2.24, 2.45) is 5.73 Å². The summed E-state index contributed by atoms with van der Waals surface area (Å²) in [5, 5.41) is 0. The lowest BCUT2D eigenvalue weighted by Crippen LogP contribution is -2.48. The summed E-state index contributed by atoms with van der Waals surface area (Å²) in [4.78, 5) is 0. The van der Waals surface area contributed by atoms with Crippen LogP contribution < -0.4 is 5.73 Å². The van der Waals surface area contributed by atoms with E-state index in [1.807, 2.05) is 13.8 Å². The Balaban J connectivity index is 2.88. The molecule has 2 nitrogen and oxygen atoms in total. The molecule has 0 aromatic heterocycles. The molecule has 0 aliphatic heterocycles. The monoisotopic (exact) mass is 243 g/mol. The highest BCUT2D eigenvalue weighted by atomic mass is 19.2. The summed E-state index contributed by atoms with van der Waals surface area (Å²) in [7, 11) is 1.57. The normalized spacial score (nSPS) is 16.6. The standard InChI is InChI=1S/C13H19F2NO/c1-4-13(2,17-3)11(16)8-9-6-5-7-10(14)12(9)15/h5-7,11H,4,8,16H2,1-3H3. The van der Waals surface area contributed by atoms with Crippen LogP contribution in [0.15, 0.2) is 18.2 Å². The van der Waals surface area contributed by atoms with Gasteiger partial charge in [0.1, 0.15) is 0 Å². The summed E-state index contributed by atoms with van der Waals surface area (Å²) in [6, 6.07) is 3.74. The highest BCUT2D eigenvalue weighted by Crippen LogP contribution is 2.22. The van der Waals surface area contributed by atoms with Crippen LogP contribution in [0.1, 0.15) is 25.8 Å². The fourth-order valence-corrected chi connectivity index (χ4v) is 1.72. The lowest BCUT2D eigenvalue weighted by atomic mass is 9.89. The first kappa shape index (κ1) is 14.1. The third-order valence-electron chi connectivity index (χ3n) is 3.42. The summed E-state index contributed by atoms with van der Waals surface area (Å²) in [5.74, 6) is -1.66. The molecule has 4 heteroatoms. The van der Waals surface area contributed by atoms with Crippen LogP contribution in [0.2, 0.25) is 0 Å². The molecule has 0 amide bonds. The van der Waals surface area contributed by atoms with E-state index in [0.717, 1.165) is 6.07 Å². The molecule has 1 rings (SSSR count). The second kappa shape index (κ2) is 5.56. The smallest absolute Gasteiger partial charge is 0.162 e. The van der Waals surface area contributed by atoms with Gasteiger partial charge in [-0.1, -0.05) is 19.1 Å². The maximum Gasteiger partial charge on any atom is 0.162 e. The summed E-state index contributed by atoms with van der Waals surface area (Å²) in [6.07, 6.45) is 0.962. The Morgan fingerprint density at radius 2 is 2.06 bits per heavy atom. The van der Waals surface area contributed by atoms with E-state index < -0.39 is 17.2 Å². The van der Waals surface area contributed by atoms with Crippen LogP contribution in [0.4, 0.5) is 8.78 Å². The van der Waals surface area contributed by atoms with Crippen molar-refractivity contribution in [2.75, 3.05) is 7.11 Å². The number of halogens is 2. The van der Waals surface area contributed by atoms with Crippen LogP contribution >= 0.6 is 0 Å². The lowest BCUT2D eigenvalue weighted by molar-refractivity contribution is -0.0186. The van der Waals surface area contributed by atoms with Crippen molar-refractivity contribution < 1.29 is 13.5 Å². The average molecular weight is 243 g/mol. The van der Waals surface area contributed by atoms with E-state index in [9.17, 15) is 8.78 Å². The van der Waals surface area contributed by atoms with Crippen molar-refractivity contribution in [3.8, 4) is 0 Å². The Bertz CT molecular complexity index is 378. The molecule has 0 aliphatic rings. The van der Waals surface area contributed by atoms with Gasteiger partial charge >= 0.3 is 0 Å². The van der Waals surface area contributed by atoms with Gasteiger partial charge in [0.2, 0.25) is 0 Å². The first-order chi connectivity index (χ1) is 7.94. The Morgan fingerprint density at radius 3 is 2.59 bits per heavy atom. The number of ether oxygens (including phenoxy) is 1. The molecule has 0 saturated heterocycles. The Hall–Kier alpha value is -1.00. The number of benzene rings is 1. The maximum absolute atomic E-state index is 13.5. The van der Waals surface area contributed by atoms with E-state index in [-0.39, 0.29) is 18.0 Å². The zero-order valence-corrected chi connectivity index (χ0v) is 10.5. The van der Waals surface area contributed by atoms with E-state index in [2.05, 4.69) is 0 Å². The average Bonchev–Trinajstić information content (AvgIpc) is 2.33. The molecule has 0 aliphatic carbocycles. The minimum atomic E-state index is -0.842. The molecule has 0 heterocycles. The molecular formula is C13H19F2NO. The van der Waals surface area contributed by atoms with E-state index in [1.165, 1.54) is 6.07 Å². The third kappa shape index (κ3) is 3.01. The largest absolute Gasteiger partial charge is 0.377 e. The summed E-state index contributed by atoms with van der Waals surface area (Å²) >= 11 is 0. The van der Waals surface area contributed by atoms with E-state index in [1.54, 1.807) is 13.2 Å². The summed E-state index contributed by atoms with van der Waals surface area (Å²) in [6.45, 7) is 3.82. The molecule has 17 heavy (non-hydrogen) atoms. The van der Waals surface area contributed by atoms with Gasteiger partial charge < -0.3 is 10.5 Å². The van der Waals surface area contributed by atoms with Crippen LogP contribution in [0.5, 0.6) is 0 Å². The van der Waals surface area contributed by atoms with Gasteiger partial charge in [0.25, 0.3) is 0 Å². The molecule has 1 aromatic rings. The maximum atomic E-state index is 13.5. The second-order valence-corrected chi connectivity index (χ2v) is 4.39. The first-order valence-corrected chi connectivity index (χ1v) is 5.68. The van der Waals surface area contributed by atoms with Crippen LogP contribution in [0.3, 0.4) is 0 Å². The van der Waals surface area contributed by atoms with Crippen LogP contribution in [-0.2, 0) is 11.2 Å². The van der Waals surface area contributed by atoms with Crippen molar-refractivity contribution in [1.29, 1.82) is 0 Å². The SMILES string of the molecule is CCC(C)(OC)C(N)Cc1cccc(F)c1F. The van der Waals surface area contributed by atoms with Gasteiger partial charge in [-0.3, -0.25) is 0 Å². The minimum absolute atomic E-state index is 0.252. The van der Waals surface area contributed by atoms with Gasteiger partial charge in [0.05, 0.1) is 5.60 Å². The Kier molecular flexibility index (Phi) is 4.60. The Labute approximate surface area is 101 Å². The van der Waals surface area contributed by atoms with Crippen molar-refractivity contribution in [3.05, 3.63) is 35.4 Å². The fraction of sp³-hybridized carbons (Fsp3) is 0.538. The van der Waals surface area contributed by atoms with Gasteiger partial charge in [-0.15, -0.1) is 0 Å². The second-order valence-electron chi connectivity index (χ2n) is 4.39. The zero-order chi connectivity index (χ0) is 13.1. The molecule has 0 saturated carbocycles. The number of nitrogens with two attached hydrogens (primary N) is 1. The number of rotatable bonds is 5. The van der Waals surface area contributed by atoms with Gasteiger partial charge in [-0.2, -0.15) is 0 Å². The number of hydrogen-bond donors (Lipinski definition) is 1. The minimum Gasteiger partial charge on any atom is -0.377 e. The van der Waals surface area contributed by atoms with Gasteiger partial charge in [-0.25, -0.2) is 8.78 Å². The molecule has 96 valence electrons. The topological polar surface area (TPSA) is 35.2 Å². The predicted octanol–water partition coefficient (Wildman–Crippen LogP) is 2.65. The number of methoxy groups -OCH3 is 1. The molecular weight excluding hydrogens is 224 g/mol. The van der Waals surface area contributed by atoms with Gasteiger partial charge in [0.15, 0.2) is 11.6 Å². The van der Waals surface area contributed by atoms with Crippen molar-refractivity contribution in [1.82, 2.24) is 0 Å². The van der Waals surface area contributed by atoms with Crippen molar-refractivity contribution in [2.45, 2.75) is 38.3 Å². The lowest BCUT2D eigenvalue weighted by Gasteiger charge is -2.33. The highest BCUT2D eigenvalue weighted by molar-refractivity contribution is 5.20. The van der Waals surface area contributed by atoms with E-state index >= 15 is 0 Å².